The van der Waals surface area contributed by atoms with Crippen LogP contribution < -0.4 is 0 Å². The molecule has 0 atom stereocenters. The Morgan fingerprint density at radius 2 is 1.69 bits per heavy atom. The molecule has 1 fully saturated rings. The minimum absolute atomic E-state index is 0.250. The number of nitrogens with zero attached hydrogens (tertiary/aromatic N) is 2. The third-order valence-corrected chi connectivity index (χ3v) is 5.96. The van der Waals surface area contributed by atoms with Gasteiger partial charge < -0.3 is 9.52 Å². The van der Waals surface area contributed by atoms with Crippen molar-refractivity contribution >= 4 is 17.6 Å². The van der Waals surface area contributed by atoms with Crippen LogP contribution in [0, 0.1) is 6.92 Å². The number of hydrogen-bond donors (Lipinski definition) is 1. The number of aromatic nitrogens is 1. The average molecular weight is 429 g/mol. The molecule has 5 heteroatoms. The highest BCUT2D eigenvalue weighted by Gasteiger charge is 2.15. The highest BCUT2D eigenvalue weighted by molar-refractivity contribution is 5.80. The maximum absolute atomic E-state index is 8.36. The molecular formula is C27H28N2O3. The number of piperidine rings is 1. The van der Waals surface area contributed by atoms with Crippen molar-refractivity contribution in [3.05, 3.63) is 77.9 Å². The van der Waals surface area contributed by atoms with Crippen LogP contribution in [0.25, 0.3) is 33.7 Å². The number of rotatable bonds is 4. The Hall–Kier alpha value is -3.44. The zero-order valence-corrected chi connectivity index (χ0v) is 18.3. The lowest BCUT2D eigenvalue weighted by molar-refractivity contribution is -0.122. The Balaban J connectivity index is 0.000000775. The smallest absolute Gasteiger partial charge is 0.290 e. The monoisotopic (exact) mass is 428 g/mol. The quantitative estimate of drug-likeness (QED) is 0.395. The van der Waals surface area contributed by atoms with E-state index >= 15 is 0 Å². The van der Waals surface area contributed by atoms with Gasteiger partial charge in [-0.15, -0.1) is 0 Å². The Morgan fingerprint density at radius 3 is 2.44 bits per heavy atom. The largest absolute Gasteiger partial charge is 0.483 e. The van der Waals surface area contributed by atoms with E-state index < -0.39 is 0 Å². The van der Waals surface area contributed by atoms with Gasteiger partial charge in [-0.3, -0.25) is 9.69 Å². The topological polar surface area (TPSA) is 66.6 Å². The molecule has 1 aliphatic rings. The number of benzene rings is 3. The van der Waals surface area contributed by atoms with E-state index in [1.54, 1.807) is 0 Å². The summed E-state index contributed by atoms with van der Waals surface area (Å²) in [4.78, 5) is 15.7. The average Bonchev–Trinajstić information content (AvgIpc) is 3.24. The molecule has 0 amide bonds. The number of carboxylic acid groups (broad SMARTS) is 1. The van der Waals surface area contributed by atoms with Crippen molar-refractivity contribution < 1.29 is 14.3 Å². The lowest BCUT2D eigenvalue weighted by atomic mass is 9.96. The summed E-state index contributed by atoms with van der Waals surface area (Å²) in [6.45, 7) is 5.29. The van der Waals surface area contributed by atoms with Gasteiger partial charge in [0.1, 0.15) is 5.52 Å². The standard InChI is InChI=1S/C26H26N2O.CH2O2/c1-19-22(21-9-4-2-5-10-21)11-8-12-23(19)26-27-24-14-13-20(17-25(24)29-26)18-28-15-6-3-7-16-28;2-1-3/h2,4-5,8-14,17H,3,6-7,15-16,18H2,1H3;1H,(H,2,3). The second-order valence-corrected chi connectivity index (χ2v) is 8.11. The van der Waals surface area contributed by atoms with Crippen molar-refractivity contribution in [2.75, 3.05) is 13.1 Å². The molecule has 2 heterocycles. The summed E-state index contributed by atoms with van der Waals surface area (Å²) >= 11 is 0. The Kier molecular flexibility index (Phi) is 6.97. The van der Waals surface area contributed by atoms with Crippen molar-refractivity contribution in [3.8, 4) is 22.6 Å². The Morgan fingerprint density at radius 1 is 0.969 bits per heavy atom. The molecule has 1 N–H and O–H groups in total. The van der Waals surface area contributed by atoms with Crippen molar-refractivity contribution in [1.29, 1.82) is 0 Å². The summed E-state index contributed by atoms with van der Waals surface area (Å²) in [6.07, 6.45) is 3.99. The number of likely N-dealkylation sites (tertiary alicyclic amines) is 1. The van der Waals surface area contributed by atoms with Gasteiger partial charge in [-0.25, -0.2) is 4.98 Å². The molecule has 0 saturated carbocycles. The molecular weight excluding hydrogens is 400 g/mol. The van der Waals surface area contributed by atoms with E-state index in [0.29, 0.717) is 5.89 Å². The molecule has 0 aliphatic carbocycles. The van der Waals surface area contributed by atoms with Crippen LogP contribution in [0.15, 0.2) is 71.1 Å². The number of fused-ring (bicyclic) bond motifs is 1. The van der Waals surface area contributed by atoms with Gasteiger partial charge in [0.25, 0.3) is 6.47 Å². The van der Waals surface area contributed by atoms with Gasteiger partial charge in [-0.2, -0.15) is 0 Å². The molecule has 4 aromatic rings. The molecule has 1 saturated heterocycles. The number of oxazole rings is 1. The van der Waals surface area contributed by atoms with Crippen LogP contribution in [0.3, 0.4) is 0 Å². The first-order chi connectivity index (χ1) is 15.7. The van der Waals surface area contributed by atoms with Gasteiger partial charge >= 0.3 is 0 Å². The van der Waals surface area contributed by atoms with Crippen molar-refractivity contribution in [2.45, 2.75) is 32.7 Å². The van der Waals surface area contributed by atoms with Gasteiger partial charge in [0.15, 0.2) is 5.58 Å². The number of hydrogen-bond acceptors (Lipinski definition) is 4. The van der Waals surface area contributed by atoms with Crippen LogP contribution in [0.2, 0.25) is 0 Å². The maximum Gasteiger partial charge on any atom is 0.290 e. The minimum Gasteiger partial charge on any atom is -0.483 e. The fourth-order valence-corrected chi connectivity index (χ4v) is 4.36. The molecule has 164 valence electrons. The molecule has 0 unspecified atom stereocenters. The normalized spacial score (nSPS) is 14.0. The zero-order valence-electron chi connectivity index (χ0n) is 18.3. The predicted molar refractivity (Wildman–Crippen MR) is 127 cm³/mol. The fraction of sp³-hybridized carbons (Fsp3) is 0.259. The third kappa shape index (κ3) is 4.89. The first-order valence-electron chi connectivity index (χ1n) is 11.0. The van der Waals surface area contributed by atoms with Crippen LogP contribution in [-0.2, 0) is 11.3 Å². The summed E-state index contributed by atoms with van der Waals surface area (Å²) in [5, 5.41) is 6.89. The molecule has 5 nitrogen and oxygen atoms in total. The lowest BCUT2D eigenvalue weighted by Crippen LogP contribution is -2.28. The van der Waals surface area contributed by atoms with Crippen LogP contribution >= 0.6 is 0 Å². The highest BCUT2D eigenvalue weighted by Crippen LogP contribution is 2.33. The van der Waals surface area contributed by atoms with Crippen LogP contribution in [0.4, 0.5) is 0 Å². The van der Waals surface area contributed by atoms with Crippen molar-refractivity contribution in [1.82, 2.24) is 9.88 Å². The Bertz CT molecular complexity index is 1180. The van der Waals surface area contributed by atoms with E-state index in [0.717, 1.165) is 23.2 Å². The first kappa shape index (κ1) is 21.8. The van der Waals surface area contributed by atoms with E-state index in [-0.39, 0.29) is 6.47 Å². The SMILES string of the molecule is Cc1c(-c2ccccc2)cccc1-c1nc2ccc(CN3CCCCC3)cc2o1.O=CO. The summed E-state index contributed by atoms with van der Waals surface area (Å²) in [6, 6.07) is 23.3. The second kappa shape index (κ2) is 10.2. The zero-order chi connectivity index (χ0) is 22.3. The molecule has 3 aromatic carbocycles. The third-order valence-electron chi connectivity index (χ3n) is 5.96. The van der Waals surface area contributed by atoms with Crippen LogP contribution in [-0.4, -0.2) is 34.6 Å². The first-order valence-corrected chi connectivity index (χ1v) is 11.0. The van der Waals surface area contributed by atoms with E-state index in [4.69, 9.17) is 19.3 Å². The predicted octanol–water partition coefficient (Wildman–Crippen LogP) is 6.16. The Labute approximate surface area is 188 Å². The minimum atomic E-state index is -0.250. The summed E-state index contributed by atoms with van der Waals surface area (Å²) in [5.41, 5.74) is 7.78. The molecule has 0 spiro atoms. The van der Waals surface area contributed by atoms with Gasteiger partial charge in [0.2, 0.25) is 5.89 Å². The molecule has 1 aliphatic heterocycles. The van der Waals surface area contributed by atoms with Crippen LogP contribution in [0.5, 0.6) is 0 Å². The van der Waals surface area contributed by atoms with Gasteiger partial charge in [-0.1, -0.05) is 55.0 Å². The molecule has 0 bridgehead atoms. The van der Waals surface area contributed by atoms with Gasteiger partial charge in [-0.05, 0) is 73.3 Å². The van der Waals surface area contributed by atoms with E-state index in [2.05, 4.69) is 72.5 Å². The second-order valence-electron chi connectivity index (χ2n) is 8.11. The summed E-state index contributed by atoms with van der Waals surface area (Å²) in [5.74, 6) is 0.699. The van der Waals surface area contributed by atoms with E-state index in [1.165, 1.54) is 54.6 Å². The van der Waals surface area contributed by atoms with E-state index in [1.807, 2.05) is 6.07 Å². The molecule has 1 aromatic heterocycles. The van der Waals surface area contributed by atoms with E-state index in [9.17, 15) is 0 Å². The summed E-state index contributed by atoms with van der Waals surface area (Å²) < 4.78 is 6.23. The summed E-state index contributed by atoms with van der Waals surface area (Å²) in [7, 11) is 0. The molecule has 32 heavy (non-hydrogen) atoms. The molecule has 0 radical (unpaired) electrons. The van der Waals surface area contributed by atoms with Crippen molar-refractivity contribution in [2.24, 2.45) is 0 Å². The van der Waals surface area contributed by atoms with Crippen LogP contribution in [0.1, 0.15) is 30.4 Å². The fourth-order valence-electron chi connectivity index (χ4n) is 4.36. The van der Waals surface area contributed by atoms with Gasteiger partial charge in [0, 0.05) is 12.1 Å². The van der Waals surface area contributed by atoms with Gasteiger partial charge in [0.05, 0.1) is 0 Å². The maximum atomic E-state index is 8.36. The highest BCUT2D eigenvalue weighted by atomic mass is 16.3. The van der Waals surface area contributed by atoms with Crippen molar-refractivity contribution in [3.63, 3.8) is 0 Å². The molecule has 5 rings (SSSR count). The lowest BCUT2D eigenvalue weighted by Gasteiger charge is -2.26. The number of carbonyl (C=O) groups is 1.